The molecule has 8 heteroatoms. The van der Waals surface area contributed by atoms with E-state index in [4.69, 9.17) is 10.5 Å². The Hall–Kier alpha value is -2.03. The third kappa shape index (κ3) is 5.26. The van der Waals surface area contributed by atoms with Gasteiger partial charge in [0, 0.05) is 38.9 Å². The van der Waals surface area contributed by atoms with Crippen LogP contribution in [0.15, 0.2) is 24.4 Å². The topological polar surface area (TPSA) is 101 Å². The Morgan fingerprint density at radius 1 is 1.33 bits per heavy atom. The highest BCUT2D eigenvalue weighted by molar-refractivity contribution is 5.96. The molecule has 2 heterocycles. The van der Waals surface area contributed by atoms with Crippen molar-refractivity contribution in [3.8, 4) is 0 Å². The van der Waals surface area contributed by atoms with Gasteiger partial charge in [0.2, 0.25) is 5.91 Å². The molecule has 0 bridgehead atoms. The first-order valence-corrected chi connectivity index (χ1v) is 8.09. The Labute approximate surface area is 142 Å². The predicted octanol–water partition coefficient (Wildman–Crippen LogP) is -1.07. The quantitative estimate of drug-likeness (QED) is 0.616. The van der Waals surface area contributed by atoms with Crippen molar-refractivity contribution in [2.45, 2.75) is 6.04 Å². The molecule has 2 rings (SSSR count). The van der Waals surface area contributed by atoms with E-state index >= 15 is 0 Å². The fraction of sp³-hybridized carbons (Fsp3) is 0.562. The maximum Gasteiger partial charge on any atom is 0.270 e. The van der Waals surface area contributed by atoms with Gasteiger partial charge in [0.25, 0.3) is 5.91 Å². The fourth-order valence-corrected chi connectivity index (χ4v) is 2.44. The number of nitrogens with two attached hydrogens (primary N) is 1. The molecule has 1 aliphatic rings. The van der Waals surface area contributed by atoms with Gasteiger partial charge in [-0.15, -0.1) is 0 Å². The first kappa shape index (κ1) is 18.3. The van der Waals surface area contributed by atoms with Crippen LogP contribution in [0, 0.1) is 0 Å². The Morgan fingerprint density at radius 2 is 2.08 bits per heavy atom. The number of carbonyl (C=O) groups excluding carboxylic acids is 2. The van der Waals surface area contributed by atoms with E-state index in [-0.39, 0.29) is 24.1 Å². The highest BCUT2D eigenvalue weighted by atomic mass is 16.5. The zero-order valence-electron chi connectivity index (χ0n) is 14.0. The molecule has 3 N–H and O–H groups in total. The molecule has 132 valence electrons. The van der Waals surface area contributed by atoms with Crippen LogP contribution in [0.2, 0.25) is 0 Å². The van der Waals surface area contributed by atoms with Gasteiger partial charge < -0.3 is 25.6 Å². The number of carbonyl (C=O) groups is 2. The summed E-state index contributed by atoms with van der Waals surface area (Å²) in [5.74, 6) is -0.524. The maximum absolute atomic E-state index is 12.7. The standard InChI is InChI=1S/C16H25N5O3/c1-20-7-9-21(10-8-20)16(23)14(12-24-11-5-17)19-15(22)13-4-2-3-6-18-13/h2-4,6,14H,5,7-12,17H2,1H3,(H,19,22)/t14-/m0/s1. The molecule has 0 unspecified atom stereocenters. The van der Waals surface area contributed by atoms with Crippen molar-refractivity contribution in [2.75, 3.05) is 53.0 Å². The van der Waals surface area contributed by atoms with Gasteiger partial charge in [-0.3, -0.25) is 14.6 Å². The average Bonchev–Trinajstić information content (AvgIpc) is 2.61. The number of ether oxygens (including phenoxy) is 1. The Kier molecular flexibility index (Phi) is 7.10. The van der Waals surface area contributed by atoms with Crippen molar-refractivity contribution in [1.29, 1.82) is 0 Å². The van der Waals surface area contributed by atoms with Crippen LogP contribution in [0.1, 0.15) is 10.5 Å². The third-order valence-electron chi connectivity index (χ3n) is 3.86. The van der Waals surface area contributed by atoms with Crippen LogP contribution in [-0.4, -0.2) is 85.6 Å². The first-order chi connectivity index (χ1) is 11.6. The zero-order chi connectivity index (χ0) is 17.4. The lowest BCUT2D eigenvalue weighted by atomic mass is 10.2. The summed E-state index contributed by atoms with van der Waals surface area (Å²) >= 11 is 0. The van der Waals surface area contributed by atoms with Crippen LogP contribution in [-0.2, 0) is 9.53 Å². The third-order valence-corrected chi connectivity index (χ3v) is 3.86. The van der Waals surface area contributed by atoms with Crippen molar-refractivity contribution in [3.63, 3.8) is 0 Å². The van der Waals surface area contributed by atoms with Gasteiger partial charge in [-0.05, 0) is 19.2 Å². The van der Waals surface area contributed by atoms with Gasteiger partial charge in [0.1, 0.15) is 11.7 Å². The Morgan fingerprint density at radius 3 is 2.71 bits per heavy atom. The van der Waals surface area contributed by atoms with Crippen LogP contribution in [0.3, 0.4) is 0 Å². The van der Waals surface area contributed by atoms with E-state index in [0.717, 1.165) is 13.1 Å². The molecule has 1 fully saturated rings. The minimum absolute atomic E-state index is 0.0982. The molecule has 0 aromatic carbocycles. The Balaban J connectivity index is 2.00. The molecule has 0 spiro atoms. The second kappa shape index (κ2) is 9.31. The van der Waals surface area contributed by atoms with E-state index in [1.807, 2.05) is 7.05 Å². The maximum atomic E-state index is 12.7. The van der Waals surface area contributed by atoms with Gasteiger partial charge in [0.15, 0.2) is 0 Å². The molecular formula is C16H25N5O3. The van der Waals surface area contributed by atoms with E-state index < -0.39 is 6.04 Å². The van der Waals surface area contributed by atoms with Crippen LogP contribution < -0.4 is 11.1 Å². The molecule has 24 heavy (non-hydrogen) atoms. The van der Waals surface area contributed by atoms with E-state index in [0.29, 0.717) is 26.2 Å². The molecule has 2 amide bonds. The first-order valence-electron chi connectivity index (χ1n) is 8.09. The summed E-state index contributed by atoms with van der Waals surface area (Å²) in [6, 6.07) is 4.32. The number of piperazine rings is 1. The predicted molar refractivity (Wildman–Crippen MR) is 89.4 cm³/mol. The van der Waals surface area contributed by atoms with E-state index in [1.165, 1.54) is 6.20 Å². The molecule has 0 aliphatic carbocycles. The molecule has 1 aromatic rings. The van der Waals surface area contributed by atoms with Gasteiger partial charge in [-0.1, -0.05) is 6.07 Å². The molecule has 1 atom stereocenters. The lowest BCUT2D eigenvalue weighted by molar-refractivity contribution is -0.136. The summed E-state index contributed by atoms with van der Waals surface area (Å²) < 4.78 is 5.40. The molecule has 1 saturated heterocycles. The molecule has 1 aromatic heterocycles. The summed E-state index contributed by atoms with van der Waals surface area (Å²) in [4.78, 5) is 32.9. The Bertz CT molecular complexity index is 532. The second-order valence-corrected chi connectivity index (χ2v) is 5.73. The molecule has 1 aliphatic heterocycles. The minimum Gasteiger partial charge on any atom is -0.377 e. The summed E-state index contributed by atoms with van der Waals surface area (Å²) in [6.07, 6.45) is 1.54. The molecule has 0 radical (unpaired) electrons. The number of aromatic nitrogens is 1. The lowest BCUT2D eigenvalue weighted by Crippen LogP contribution is -2.55. The van der Waals surface area contributed by atoms with Crippen molar-refractivity contribution in [1.82, 2.24) is 20.1 Å². The second-order valence-electron chi connectivity index (χ2n) is 5.73. The smallest absolute Gasteiger partial charge is 0.270 e. The normalized spacial score (nSPS) is 16.7. The van der Waals surface area contributed by atoms with Crippen molar-refractivity contribution in [2.24, 2.45) is 5.73 Å². The van der Waals surface area contributed by atoms with Gasteiger partial charge in [-0.25, -0.2) is 0 Å². The largest absolute Gasteiger partial charge is 0.377 e. The highest BCUT2D eigenvalue weighted by Crippen LogP contribution is 2.04. The zero-order valence-corrected chi connectivity index (χ0v) is 14.0. The van der Waals surface area contributed by atoms with Crippen molar-refractivity contribution < 1.29 is 14.3 Å². The molecule has 0 saturated carbocycles. The highest BCUT2D eigenvalue weighted by Gasteiger charge is 2.28. The van der Waals surface area contributed by atoms with E-state index in [1.54, 1.807) is 23.1 Å². The average molecular weight is 335 g/mol. The summed E-state index contributed by atoms with van der Waals surface area (Å²) in [7, 11) is 2.02. The number of nitrogens with one attached hydrogen (secondary N) is 1. The summed E-state index contributed by atoms with van der Waals surface area (Å²) in [5, 5.41) is 2.73. The van der Waals surface area contributed by atoms with Crippen LogP contribution in [0.5, 0.6) is 0 Å². The van der Waals surface area contributed by atoms with Crippen LogP contribution in [0.4, 0.5) is 0 Å². The summed E-state index contributed by atoms with van der Waals surface area (Å²) in [5.41, 5.74) is 5.69. The van der Waals surface area contributed by atoms with Crippen LogP contribution >= 0.6 is 0 Å². The van der Waals surface area contributed by atoms with Crippen molar-refractivity contribution >= 4 is 11.8 Å². The number of rotatable bonds is 7. The van der Waals surface area contributed by atoms with Gasteiger partial charge >= 0.3 is 0 Å². The van der Waals surface area contributed by atoms with E-state index in [9.17, 15) is 9.59 Å². The minimum atomic E-state index is -0.741. The SMILES string of the molecule is CN1CCN(C(=O)[C@H](COCCN)NC(=O)c2ccccn2)CC1. The lowest BCUT2D eigenvalue weighted by Gasteiger charge is -2.34. The number of pyridine rings is 1. The number of hydrogen-bond acceptors (Lipinski definition) is 6. The monoisotopic (exact) mass is 335 g/mol. The molecule has 8 nitrogen and oxygen atoms in total. The van der Waals surface area contributed by atoms with Crippen LogP contribution in [0.25, 0.3) is 0 Å². The van der Waals surface area contributed by atoms with Gasteiger partial charge in [0.05, 0.1) is 13.2 Å². The number of amides is 2. The number of nitrogens with zero attached hydrogens (tertiary/aromatic N) is 3. The summed E-state index contributed by atoms with van der Waals surface area (Å²) in [6.45, 7) is 3.72. The number of hydrogen-bond donors (Lipinski definition) is 2. The van der Waals surface area contributed by atoms with E-state index in [2.05, 4.69) is 15.2 Å². The molecular weight excluding hydrogens is 310 g/mol. The van der Waals surface area contributed by atoms with Gasteiger partial charge in [-0.2, -0.15) is 0 Å². The number of likely N-dealkylation sites (N-methyl/N-ethyl adjacent to an activating group) is 1. The fourth-order valence-electron chi connectivity index (χ4n) is 2.44. The van der Waals surface area contributed by atoms with Crippen molar-refractivity contribution in [3.05, 3.63) is 30.1 Å².